The summed E-state index contributed by atoms with van der Waals surface area (Å²) in [5.74, 6) is 0. The molecular weight excluding hydrogens is 130 g/mol. The second-order valence-corrected chi connectivity index (χ2v) is 3.08. The van der Waals surface area contributed by atoms with Gasteiger partial charge in [0.2, 0.25) is 0 Å². The van der Waals surface area contributed by atoms with Crippen LogP contribution in [0.2, 0.25) is 0 Å². The van der Waals surface area contributed by atoms with Gasteiger partial charge in [-0.3, -0.25) is 0 Å². The largest absolute Gasteiger partial charge is 0.365 e. The van der Waals surface area contributed by atoms with Crippen LogP contribution in [0.4, 0.5) is 0 Å². The highest BCUT2D eigenvalue weighted by Crippen LogP contribution is 2.09. The molecule has 0 N–H and O–H groups in total. The number of hydrogen-bond donors (Lipinski definition) is 0. The number of hydrogen-bond acceptors (Lipinski definition) is 2. The maximum atomic E-state index is 9.98. The van der Waals surface area contributed by atoms with E-state index in [1.807, 2.05) is 0 Å². The predicted molar refractivity (Wildman–Crippen MR) is 25.8 cm³/mol. The van der Waals surface area contributed by atoms with E-state index >= 15 is 0 Å². The molecule has 0 bridgehead atoms. The Morgan fingerprint density at radius 1 is 1.25 bits per heavy atom. The molecule has 0 aromatic carbocycles. The lowest BCUT2D eigenvalue weighted by molar-refractivity contribution is 0.255. The fourth-order valence-corrected chi connectivity index (χ4v) is 1.22. The minimum absolute atomic E-state index is 0.409. The molecule has 1 aliphatic rings. The van der Waals surface area contributed by atoms with Crippen LogP contribution in [0.15, 0.2) is 0 Å². The first-order chi connectivity index (χ1) is 3.61. The van der Waals surface area contributed by atoms with Gasteiger partial charge in [0.1, 0.15) is 0 Å². The predicted octanol–water partition coefficient (Wildman–Crippen LogP) is -0.633. The van der Waals surface area contributed by atoms with Crippen molar-refractivity contribution in [2.75, 3.05) is 13.1 Å². The Kier molecular flexibility index (Phi) is 1.26. The summed E-state index contributed by atoms with van der Waals surface area (Å²) >= 11 is 0. The molecule has 0 aromatic rings. The minimum atomic E-state index is -4.08. The van der Waals surface area contributed by atoms with Gasteiger partial charge >= 0.3 is 10.3 Å². The summed E-state index contributed by atoms with van der Waals surface area (Å²) in [4.78, 5) is 0. The average molecular weight is 136 g/mol. The highest BCUT2D eigenvalue weighted by Gasteiger charge is 2.26. The highest BCUT2D eigenvalue weighted by atomic mass is 32.2. The fourth-order valence-electron chi connectivity index (χ4n) is 0.511. The molecule has 0 atom stereocenters. The normalized spacial score (nSPS) is 22.6. The van der Waals surface area contributed by atoms with Crippen molar-refractivity contribution < 1.29 is 13.0 Å². The second-order valence-electron chi connectivity index (χ2n) is 1.71. The molecule has 0 unspecified atom stereocenters. The van der Waals surface area contributed by atoms with E-state index in [0.717, 1.165) is 10.7 Å². The Labute approximate surface area is 48.0 Å². The van der Waals surface area contributed by atoms with Crippen molar-refractivity contribution in [1.29, 1.82) is 0 Å². The van der Waals surface area contributed by atoms with E-state index in [1.54, 1.807) is 0 Å². The van der Waals surface area contributed by atoms with Crippen molar-refractivity contribution in [1.82, 2.24) is 4.31 Å². The van der Waals surface area contributed by atoms with Gasteiger partial charge in [-0.05, 0) is 6.42 Å². The van der Waals surface area contributed by atoms with E-state index in [9.17, 15) is 13.0 Å². The van der Waals surface area contributed by atoms with E-state index in [-0.39, 0.29) is 0 Å². The SMILES string of the molecule is [O]S(=O)(=O)N1CCC1. The van der Waals surface area contributed by atoms with Crippen LogP contribution in [0.1, 0.15) is 6.42 Å². The molecule has 5 heteroatoms. The van der Waals surface area contributed by atoms with Crippen molar-refractivity contribution in [3.05, 3.63) is 0 Å². The first kappa shape index (κ1) is 6.00. The van der Waals surface area contributed by atoms with Crippen molar-refractivity contribution in [3.63, 3.8) is 0 Å². The third-order valence-corrected chi connectivity index (χ3v) is 2.13. The molecule has 4 nitrogen and oxygen atoms in total. The van der Waals surface area contributed by atoms with Gasteiger partial charge in [-0.25, -0.2) is 0 Å². The molecule has 1 rings (SSSR count). The van der Waals surface area contributed by atoms with E-state index in [4.69, 9.17) is 0 Å². The van der Waals surface area contributed by atoms with Crippen LogP contribution in [-0.2, 0) is 14.9 Å². The van der Waals surface area contributed by atoms with Crippen LogP contribution in [-0.4, -0.2) is 25.8 Å². The smallest absolute Gasteiger partial charge is 0.179 e. The van der Waals surface area contributed by atoms with Crippen LogP contribution in [0.3, 0.4) is 0 Å². The molecule has 1 saturated heterocycles. The number of rotatable bonds is 1. The van der Waals surface area contributed by atoms with Gasteiger partial charge in [-0.1, -0.05) is 4.55 Å². The zero-order chi connectivity index (χ0) is 6.20. The van der Waals surface area contributed by atoms with E-state index in [0.29, 0.717) is 13.1 Å². The highest BCUT2D eigenvalue weighted by molar-refractivity contribution is 7.83. The maximum Gasteiger partial charge on any atom is 0.365 e. The lowest BCUT2D eigenvalue weighted by Crippen LogP contribution is -2.40. The van der Waals surface area contributed by atoms with Crippen LogP contribution in [0.5, 0.6) is 0 Å². The van der Waals surface area contributed by atoms with E-state index in [1.165, 1.54) is 0 Å². The Morgan fingerprint density at radius 3 is 1.75 bits per heavy atom. The summed E-state index contributed by atoms with van der Waals surface area (Å²) < 4.78 is 30.9. The number of nitrogens with zero attached hydrogens (tertiary/aromatic N) is 1. The van der Waals surface area contributed by atoms with Gasteiger partial charge in [0.05, 0.1) is 0 Å². The molecule has 1 heterocycles. The topological polar surface area (TPSA) is 57.3 Å². The molecule has 8 heavy (non-hydrogen) atoms. The first-order valence-electron chi connectivity index (χ1n) is 2.32. The Bertz CT molecular complexity index is 169. The van der Waals surface area contributed by atoms with Crippen molar-refractivity contribution in [2.24, 2.45) is 0 Å². The standard InChI is InChI=1S/C3H6NO3S/c5-8(6,7)4-2-1-3-4/h1-3H2. The van der Waals surface area contributed by atoms with Gasteiger partial charge in [-0.2, -0.15) is 12.7 Å². The molecule has 1 fully saturated rings. The van der Waals surface area contributed by atoms with Crippen molar-refractivity contribution >= 4 is 10.3 Å². The third kappa shape index (κ3) is 0.988. The molecule has 1 radical (unpaired) electrons. The third-order valence-electron chi connectivity index (χ3n) is 1.13. The van der Waals surface area contributed by atoms with Gasteiger partial charge < -0.3 is 0 Å². The molecule has 0 saturated carbocycles. The summed E-state index contributed by atoms with van der Waals surface area (Å²) in [7, 11) is -4.08. The van der Waals surface area contributed by atoms with Gasteiger partial charge in [0.25, 0.3) is 0 Å². The van der Waals surface area contributed by atoms with E-state index < -0.39 is 10.3 Å². The molecular formula is C3H6NO3S. The molecule has 1 aliphatic heterocycles. The molecule has 0 amide bonds. The second kappa shape index (κ2) is 1.68. The molecule has 0 spiro atoms. The summed E-state index contributed by atoms with van der Waals surface area (Å²) in [5.41, 5.74) is 0. The lowest BCUT2D eigenvalue weighted by Gasteiger charge is -2.24. The molecule has 0 aromatic heterocycles. The fraction of sp³-hybridized carbons (Fsp3) is 1.00. The minimum Gasteiger partial charge on any atom is -0.179 e. The summed E-state index contributed by atoms with van der Waals surface area (Å²) in [6.45, 7) is 0.817. The van der Waals surface area contributed by atoms with Crippen molar-refractivity contribution in [2.45, 2.75) is 6.42 Å². The van der Waals surface area contributed by atoms with Crippen LogP contribution >= 0.6 is 0 Å². The summed E-state index contributed by atoms with van der Waals surface area (Å²) in [5, 5.41) is 0. The van der Waals surface area contributed by atoms with Gasteiger partial charge in [0, 0.05) is 13.1 Å². The first-order valence-corrected chi connectivity index (χ1v) is 3.68. The van der Waals surface area contributed by atoms with Gasteiger partial charge in [-0.15, -0.1) is 0 Å². The van der Waals surface area contributed by atoms with Crippen LogP contribution < -0.4 is 0 Å². The Balaban J connectivity index is 2.60. The van der Waals surface area contributed by atoms with Gasteiger partial charge in [0.15, 0.2) is 0 Å². The summed E-state index contributed by atoms with van der Waals surface area (Å²) in [6, 6.07) is 0. The zero-order valence-corrected chi connectivity index (χ0v) is 5.02. The lowest BCUT2D eigenvalue weighted by atomic mass is 10.3. The zero-order valence-electron chi connectivity index (χ0n) is 4.20. The molecule has 0 aliphatic carbocycles. The quantitative estimate of drug-likeness (QED) is 0.481. The van der Waals surface area contributed by atoms with E-state index in [2.05, 4.69) is 0 Å². The van der Waals surface area contributed by atoms with Crippen molar-refractivity contribution in [3.8, 4) is 0 Å². The average Bonchev–Trinajstić information content (AvgIpc) is 1.16. The maximum absolute atomic E-state index is 9.98. The molecule has 47 valence electrons. The van der Waals surface area contributed by atoms with Crippen LogP contribution in [0, 0.1) is 0 Å². The monoisotopic (exact) mass is 136 g/mol. The Morgan fingerprint density at radius 2 is 1.75 bits per heavy atom. The Hall–Kier alpha value is -0.130. The van der Waals surface area contributed by atoms with Crippen LogP contribution in [0.25, 0.3) is 0 Å². The summed E-state index contributed by atoms with van der Waals surface area (Å²) in [6.07, 6.45) is 0.821.